The van der Waals surface area contributed by atoms with Gasteiger partial charge in [0, 0.05) is 25.4 Å². The number of halogens is 1. The van der Waals surface area contributed by atoms with Crippen molar-refractivity contribution in [2.45, 2.75) is 25.8 Å². The molecule has 0 aliphatic rings. The summed E-state index contributed by atoms with van der Waals surface area (Å²) in [5.74, 6) is 0. The van der Waals surface area contributed by atoms with Gasteiger partial charge < -0.3 is 5.32 Å². The van der Waals surface area contributed by atoms with Crippen LogP contribution in [0.3, 0.4) is 0 Å². The summed E-state index contributed by atoms with van der Waals surface area (Å²) in [5.41, 5.74) is 2.06. The number of pyridine rings is 1. The van der Waals surface area contributed by atoms with Crippen molar-refractivity contribution < 1.29 is 0 Å². The van der Waals surface area contributed by atoms with E-state index in [4.69, 9.17) is 11.6 Å². The molecular weight excluding hydrogens is 260 g/mol. The molecule has 2 heterocycles. The van der Waals surface area contributed by atoms with Gasteiger partial charge in [-0.05, 0) is 25.1 Å². The summed E-state index contributed by atoms with van der Waals surface area (Å²) in [6.45, 7) is 3.09. The Hall–Kier alpha value is -1.39. The molecule has 0 aromatic carbocycles. The molecule has 2 aromatic rings. The van der Waals surface area contributed by atoms with Crippen molar-refractivity contribution in [3.05, 3.63) is 47.0 Å². The van der Waals surface area contributed by atoms with Gasteiger partial charge in [-0.2, -0.15) is 5.10 Å². The zero-order chi connectivity index (χ0) is 13.7. The van der Waals surface area contributed by atoms with Gasteiger partial charge in [0.2, 0.25) is 0 Å². The van der Waals surface area contributed by atoms with Crippen LogP contribution in [0.2, 0.25) is 5.02 Å². The van der Waals surface area contributed by atoms with E-state index < -0.39 is 0 Å². The van der Waals surface area contributed by atoms with Crippen molar-refractivity contribution in [2.75, 3.05) is 6.54 Å². The summed E-state index contributed by atoms with van der Waals surface area (Å²) < 4.78 is 1.83. The van der Waals surface area contributed by atoms with E-state index in [0.29, 0.717) is 5.02 Å². The van der Waals surface area contributed by atoms with E-state index in [0.717, 1.165) is 30.8 Å². The van der Waals surface area contributed by atoms with Gasteiger partial charge in [-0.1, -0.05) is 24.6 Å². The van der Waals surface area contributed by atoms with Crippen molar-refractivity contribution >= 4 is 11.6 Å². The van der Waals surface area contributed by atoms with Crippen molar-refractivity contribution in [1.82, 2.24) is 20.1 Å². The highest BCUT2D eigenvalue weighted by molar-refractivity contribution is 6.31. The average Bonchev–Trinajstić information content (AvgIpc) is 2.75. The first kappa shape index (κ1) is 14.0. The van der Waals surface area contributed by atoms with Crippen molar-refractivity contribution in [3.63, 3.8) is 0 Å². The van der Waals surface area contributed by atoms with E-state index in [1.807, 2.05) is 36.1 Å². The smallest absolute Gasteiger partial charge is 0.0834 e. The molecule has 102 valence electrons. The first-order valence-electron chi connectivity index (χ1n) is 6.53. The van der Waals surface area contributed by atoms with E-state index >= 15 is 0 Å². The normalized spacial score (nSPS) is 12.6. The molecule has 0 amide bonds. The third-order valence-corrected chi connectivity index (χ3v) is 3.34. The molecule has 5 heteroatoms. The second kappa shape index (κ2) is 6.68. The minimum absolute atomic E-state index is 0.134. The zero-order valence-electron chi connectivity index (χ0n) is 11.3. The van der Waals surface area contributed by atoms with E-state index in [-0.39, 0.29) is 6.04 Å². The Bertz CT molecular complexity index is 490. The Kier molecular flexibility index (Phi) is 4.93. The summed E-state index contributed by atoms with van der Waals surface area (Å²) in [6, 6.07) is 6.10. The summed E-state index contributed by atoms with van der Waals surface area (Å²) in [7, 11) is 1.92. The Morgan fingerprint density at radius 1 is 1.42 bits per heavy atom. The molecule has 0 radical (unpaired) electrons. The molecule has 0 aliphatic carbocycles. The number of nitrogens with one attached hydrogen (secondary N) is 1. The SMILES string of the molecule is CCCNC(Cc1ccccn1)c1c(Cl)cnn1C. The number of hydrogen-bond acceptors (Lipinski definition) is 3. The molecule has 4 nitrogen and oxygen atoms in total. The summed E-state index contributed by atoms with van der Waals surface area (Å²) in [4.78, 5) is 4.38. The Morgan fingerprint density at radius 2 is 2.26 bits per heavy atom. The number of aryl methyl sites for hydroxylation is 1. The van der Waals surface area contributed by atoms with Gasteiger partial charge in [-0.15, -0.1) is 0 Å². The van der Waals surface area contributed by atoms with Crippen LogP contribution in [0.4, 0.5) is 0 Å². The van der Waals surface area contributed by atoms with Gasteiger partial charge in [0.15, 0.2) is 0 Å². The third kappa shape index (κ3) is 3.55. The molecule has 0 fully saturated rings. The van der Waals surface area contributed by atoms with Crippen LogP contribution in [0.15, 0.2) is 30.6 Å². The van der Waals surface area contributed by atoms with Crippen LogP contribution in [0.25, 0.3) is 0 Å². The summed E-state index contributed by atoms with van der Waals surface area (Å²) in [5, 5.41) is 8.43. The van der Waals surface area contributed by atoms with Gasteiger partial charge in [0.05, 0.1) is 23.0 Å². The predicted molar refractivity (Wildman–Crippen MR) is 77.2 cm³/mol. The van der Waals surface area contributed by atoms with Crippen LogP contribution < -0.4 is 5.32 Å². The Labute approximate surface area is 118 Å². The highest BCUT2D eigenvalue weighted by Gasteiger charge is 2.19. The molecule has 0 bridgehead atoms. The quantitative estimate of drug-likeness (QED) is 0.883. The van der Waals surface area contributed by atoms with Crippen LogP contribution in [-0.2, 0) is 13.5 Å². The van der Waals surface area contributed by atoms with Crippen LogP contribution in [0.5, 0.6) is 0 Å². The van der Waals surface area contributed by atoms with Crippen molar-refractivity contribution in [3.8, 4) is 0 Å². The molecule has 2 rings (SSSR count). The van der Waals surface area contributed by atoms with E-state index in [2.05, 4.69) is 22.3 Å². The molecule has 1 atom stereocenters. The topological polar surface area (TPSA) is 42.7 Å². The predicted octanol–water partition coefficient (Wildman–Crippen LogP) is 2.75. The summed E-state index contributed by atoms with van der Waals surface area (Å²) >= 11 is 6.24. The van der Waals surface area contributed by atoms with Gasteiger partial charge in [0.1, 0.15) is 0 Å². The van der Waals surface area contributed by atoms with Crippen molar-refractivity contribution in [1.29, 1.82) is 0 Å². The fourth-order valence-electron chi connectivity index (χ4n) is 2.12. The van der Waals surface area contributed by atoms with E-state index in [9.17, 15) is 0 Å². The summed E-state index contributed by atoms with van der Waals surface area (Å²) in [6.07, 6.45) is 5.39. The lowest BCUT2D eigenvalue weighted by Gasteiger charge is -2.19. The first-order chi connectivity index (χ1) is 9.22. The first-order valence-corrected chi connectivity index (χ1v) is 6.90. The van der Waals surface area contributed by atoms with Gasteiger partial charge >= 0.3 is 0 Å². The standard InChI is InChI=1S/C14H19ClN4/c1-3-7-17-13(9-11-6-4-5-8-16-11)14-12(15)10-18-19(14)2/h4-6,8,10,13,17H,3,7,9H2,1-2H3. The number of hydrogen-bond donors (Lipinski definition) is 1. The lowest BCUT2D eigenvalue weighted by molar-refractivity contribution is 0.489. The second-order valence-corrected chi connectivity index (χ2v) is 4.94. The van der Waals surface area contributed by atoms with Crippen LogP contribution in [0, 0.1) is 0 Å². The third-order valence-electron chi connectivity index (χ3n) is 3.05. The lowest BCUT2D eigenvalue weighted by Crippen LogP contribution is -2.26. The molecule has 0 aliphatic heterocycles. The monoisotopic (exact) mass is 278 g/mol. The number of nitrogens with zero attached hydrogens (tertiary/aromatic N) is 3. The maximum atomic E-state index is 6.24. The van der Waals surface area contributed by atoms with Crippen molar-refractivity contribution in [2.24, 2.45) is 7.05 Å². The van der Waals surface area contributed by atoms with Gasteiger partial charge in [-0.25, -0.2) is 0 Å². The minimum atomic E-state index is 0.134. The number of rotatable bonds is 6. The van der Waals surface area contributed by atoms with Gasteiger partial charge in [0.25, 0.3) is 0 Å². The average molecular weight is 279 g/mol. The highest BCUT2D eigenvalue weighted by atomic mass is 35.5. The molecule has 0 saturated carbocycles. The largest absolute Gasteiger partial charge is 0.308 e. The molecule has 1 N–H and O–H groups in total. The lowest BCUT2D eigenvalue weighted by atomic mass is 10.1. The van der Waals surface area contributed by atoms with E-state index in [1.54, 1.807) is 6.20 Å². The molecular formula is C14H19ClN4. The number of aromatic nitrogens is 3. The maximum absolute atomic E-state index is 6.24. The molecule has 1 unspecified atom stereocenters. The molecule has 0 saturated heterocycles. The molecule has 2 aromatic heterocycles. The maximum Gasteiger partial charge on any atom is 0.0834 e. The highest BCUT2D eigenvalue weighted by Crippen LogP contribution is 2.24. The molecule has 19 heavy (non-hydrogen) atoms. The Morgan fingerprint density at radius 3 is 2.84 bits per heavy atom. The fraction of sp³-hybridized carbons (Fsp3) is 0.429. The Balaban J connectivity index is 2.21. The molecule has 0 spiro atoms. The zero-order valence-corrected chi connectivity index (χ0v) is 12.1. The minimum Gasteiger partial charge on any atom is -0.308 e. The fourth-order valence-corrected chi connectivity index (χ4v) is 2.42. The second-order valence-electron chi connectivity index (χ2n) is 4.53. The van der Waals surface area contributed by atoms with Crippen LogP contribution in [0.1, 0.15) is 30.8 Å². The van der Waals surface area contributed by atoms with Gasteiger partial charge in [-0.3, -0.25) is 9.67 Å². The van der Waals surface area contributed by atoms with E-state index in [1.165, 1.54) is 0 Å². The van der Waals surface area contributed by atoms with Crippen LogP contribution >= 0.6 is 11.6 Å². The van der Waals surface area contributed by atoms with Crippen LogP contribution in [-0.4, -0.2) is 21.3 Å².